The van der Waals surface area contributed by atoms with Gasteiger partial charge in [0.05, 0.1) is 0 Å². The molecule has 1 saturated carbocycles. The van der Waals surface area contributed by atoms with Crippen LogP contribution in [0.1, 0.15) is 25.3 Å². The van der Waals surface area contributed by atoms with Crippen molar-refractivity contribution in [3.05, 3.63) is 39.9 Å². The second kappa shape index (κ2) is 6.08. The number of halogens is 2. The topological polar surface area (TPSA) is 66.4 Å². The predicted octanol–water partition coefficient (Wildman–Crippen LogP) is 3.38. The minimum absolute atomic E-state index is 0.00651. The van der Waals surface area contributed by atoms with Crippen molar-refractivity contribution in [2.24, 2.45) is 5.92 Å². The summed E-state index contributed by atoms with van der Waals surface area (Å²) in [6.07, 6.45) is 4.46. The molecule has 1 aromatic carbocycles. The lowest BCUT2D eigenvalue weighted by Gasteiger charge is -2.25. The molecule has 0 saturated heterocycles. The number of hydrogen-bond donors (Lipinski definition) is 2. The van der Waals surface area contributed by atoms with Crippen molar-refractivity contribution in [2.75, 3.05) is 0 Å². The molecule has 2 N–H and O–H groups in total. The van der Waals surface area contributed by atoms with Gasteiger partial charge in [-0.15, -0.1) is 0 Å². The number of hydrogen-bond acceptors (Lipinski definition) is 2. The largest absolute Gasteiger partial charge is 0.480 e. The summed E-state index contributed by atoms with van der Waals surface area (Å²) in [7, 11) is 0. The Labute approximate surface area is 132 Å². The van der Waals surface area contributed by atoms with Gasteiger partial charge in [0.2, 0.25) is 5.91 Å². The van der Waals surface area contributed by atoms with Crippen LogP contribution in [0.2, 0.25) is 10.0 Å². The van der Waals surface area contributed by atoms with E-state index >= 15 is 0 Å². The van der Waals surface area contributed by atoms with Crippen LogP contribution >= 0.6 is 23.2 Å². The van der Waals surface area contributed by atoms with Crippen LogP contribution in [0.25, 0.3) is 6.08 Å². The molecule has 1 unspecified atom stereocenters. The van der Waals surface area contributed by atoms with Crippen LogP contribution in [0.3, 0.4) is 0 Å². The molecule has 1 aliphatic rings. The highest BCUT2D eigenvalue weighted by Crippen LogP contribution is 2.39. The van der Waals surface area contributed by atoms with Crippen LogP contribution in [0, 0.1) is 5.92 Å². The lowest BCUT2D eigenvalue weighted by atomic mass is 9.96. The van der Waals surface area contributed by atoms with E-state index in [1.807, 2.05) is 0 Å². The Bertz CT molecular complexity index is 591. The zero-order chi connectivity index (χ0) is 15.6. The van der Waals surface area contributed by atoms with Gasteiger partial charge in [-0.2, -0.15) is 0 Å². The Morgan fingerprint density at radius 1 is 1.29 bits per heavy atom. The van der Waals surface area contributed by atoms with E-state index in [2.05, 4.69) is 5.32 Å². The maximum absolute atomic E-state index is 11.9. The maximum Gasteiger partial charge on any atom is 0.329 e. The van der Waals surface area contributed by atoms with E-state index in [-0.39, 0.29) is 5.92 Å². The molecule has 6 heteroatoms. The van der Waals surface area contributed by atoms with E-state index < -0.39 is 17.4 Å². The van der Waals surface area contributed by atoms with Gasteiger partial charge in [0.15, 0.2) is 0 Å². The molecule has 0 radical (unpaired) electrons. The number of amides is 1. The molecule has 21 heavy (non-hydrogen) atoms. The molecule has 0 aliphatic heterocycles. The number of carboxylic acid groups (broad SMARTS) is 1. The molecule has 0 spiro atoms. The van der Waals surface area contributed by atoms with Gasteiger partial charge in [-0.25, -0.2) is 4.79 Å². The Balaban J connectivity index is 2.07. The highest BCUT2D eigenvalue weighted by molar-refractivity contribution is 6.34. The fraction of sp³-hybridized carbons (Fsp3) is 0.333. The number of rotatable bonds is 5. The van der Waals surface area contributed by atoms with Gasteiger partial charge in [0.25, 0.3) is 0 Å². The maximum atomic E-state index is 11.9. The second-order valence-corrected chi connectivity index (χ2v) is 6.18. The molecule has 1 amide bonds. The van der Waals surface area contributed by atoms with Crippen molar-refractivity contribution in [1.82, 2.24) is 5.32 Å². The number of carbonyl (C=O) groups excluding carboxylic acids is 1. The van der Waals surface area contributed by atoms with Gasteiger partial charge in [0, 0.05) is 16.1 Å². The number of carboxylic acids is 1. The van der Waals surface area contributed by atoms with E-state index in [1.165, 1.54) is 13.0 Å². The minimum Gasteiger partial charge on any atom is -0.480 e. The first-order chi connectivity index (χ1) is 9.81. The molecule has 0 aromatic heterocycles. The van der Waals surface area contributed by atoms with Crippen molar-refractivity contribution in [3.8, 4) is 0 Å². The van der Waals surface area contributed by atoms with Gasteiger partial charge in [-0.1, -0.05) is 23.2 Å². The molecule has 2 rings (SSSR count). The van der Waals surface area contributed by atoms with Gasteiger partial charge < -0.3 is 10.4 Å². The van der Waals surface area contributed by atoms with Crippen LogP contribution in [0.5, 0.6) is 0 Å². The first-order valence-electron chi connectivity index (χ1n) is 6.51. The number of aliphatic carboxylic acids is 1. The average Bonchev–Trinajstić information content (AvgIpc) is 3.19. The van der Waals surface area contributed by atoms with E-state index in [0.717, 1.165) is 12.8 Å². The molecule has 112 valence electrons. The third-order valence-electron chi connectivity index (χ3n) is 3.53. The smallest absolute Gasteiger partial charge is 0.329 e. The van der Waals surface area contributed by atoms with Crippen molar-refractivity contribution in [3.63, 3.8) is 0 Å². The van der Waals surface area contributed by atoms with E-state index in [0.29, 0.717) is 15.6 Å². The quantitative estimate of drug-likeness (QED) is 0.815. The lowest BCUT2D eigenvalue weighted by molar-refractivity contribution is -0.147. The fourth-order valence-electron chi connectivity index (χ4n) is 2.13. The normalized spacial score (nSPS) is 17.5. The summed E-state index contributed by atoms with van der Waals surface area (Å²) < 4.78 is 0. The van der Waals surface area contributed by atoms with Crippen molar-refractivity contribution >= 4 is 41.2 Å². The lowest BCUT2D eigenvalue weighted by Crippen LogP contribution is -2.53. The molecule has 1 aromatic rings. The summed E-state index contributed by atoms with van der Waals surface area (Å²) in [5, 5.41) is 12.8. The van der Waals surface area contributed by atoms with E-state index in [9.17, 15) is 14.7 Å². The molecular formula is C15H15Cl2NO3. The van der Waals surface area contributed by atoms with Gasteiger partial charge in [0.1, 0.15) is 5.54 Å². The van der Waals surface area contributed by atoms with Crippen molar-refractivity contribution < 1.29 is 14.7 Å². The van der Waals surface area contributed by atoms with Crippen LogP contribution in [0.15, 0.2) is 24.3 Å². The van der Waals surface area contributed by atoms with Crippen molar-refractivity contribution in [2.45, 2.75) is 25.3 Å². The van der Waals surface area contributed by atoms with Crippen LogP contribution in [-0.4, -0.2) is 22.5 Å². The predicted molar refractivity (Wildman–Crippen MR) is 82.4 cm³/mol. The number of nitrogens with one attached hydrogen (secondary N) is 1. The summed E-state index contributed by atoms with van der Waals surface area (Å²) in [6, 6.07) is 4.91. The number of benzene rings is 1. The van der Waals surface area contributed by atoms with Gasteiger partial charge >= 0.3 is 5.97 Å². The van der Waals surface area contributed by atoms with Crippen molar-refractivity contribution in [1.29, 1.82) is 0 Å². The molecule has 0 heterocycles. The fourth-order valence-corrected chi connectivity index (χ4v) is 2.67. The summed E-state index contributed by atoms with van der Waals surface area (Å²) in [6.45, 7) is 1.54. The van der Waals surface area contributed by atoms with E-state index in [4.69, 9.17) is 23.2 Å². The zero-order valence-electron chi connectivity index (χ0n) is 11.4. The SMILES string of the molecule is CC(NC(=O)/C=C/c1cc(Cl)cc(Cl)c1)(C(=O)O)C1CC1. The van der Waals surface area contributed by atoms with Crippen LogP contribution in [-0.2, 0) is 9.59 Å². The first kappa shape index (κ1) is 15.9. The van der Waals surface area contributed by atoms with Crippen LogP contribution in [0.4, 0.5) is 0 Å². The summed E-state index contributed by atoms with van der Waals surface area (Å²) in [5.74, 6) is -1.48. The standard InChI is InChI=1S/C15H15Cl2NO3/c1-15(14(20)21,10-3-4-10)18-13(19)5-2-9-6-11(16)8-12(17)7-9/h2,5-8,10H,3-4H2,1H3,(H,18,19)(H,20,21)/b5-2+. The second-order valence-electron chi connectivity index (χ2n) is 5.31. The molecule has 1 atom stereocenters. The molecule has 4 nitrogen and oxygen atoms in total. The Morgan fingerprint density at radius 3 is 2.33 bits per heavy atom. The third kappa shape index (κ3) is 3.99. The monoisotopic (exact) mass is 327 g/mol. The minimum atomic E-state index is -1.21. The number of carbonyl (C=O) groups is 2. The van der Waals surface area contributed by atoms with Gasteiger partial charge in [-0.3, -0.25) is 4.79 Å². The molecule has 0 bridgehead atoms. The Hall–Kier alpha value is -1.52. The summed E-state index contributed by atoms with van der Waals surface area (Å²) in [5.41, 5.74) is -0.543. The Morgan fingerprint density at radius 2 is 1.86 bits per heavy atom. The zero-order valence-corrected chi connectivity index (χ0v) is 12.9. The highest BCUT2D eigenvalue weighted by atomic mass is 35.5. The average molecular weight is 328 g/mol. The van der Waals surface area contributed by atoms with Gasteiger partial charge in [-0.05, 0) is 55.5 Å². The molecule has 1 fully saturated rings. The van der Waals surface area contributed by atoms with E-state index in [1.54, 1.807) is 24.3 Å². The highest BCUT2D eigenvalue weighted by Gasteiger charge is 2.48. The molecule has 1 aliphatic carbocycles. The van der Waals surface area contributed by atoms with Crippen LogP contribution < -0.4 is 5.32 Å². The Kier molecular flexibility index (Phi) is 4.59. The first-order valence-corrected chi connectivity index (χ1v) is 7.26. The summed E-state index contributed by atoms with van der Waals surface area (Å²) >= 11 is 11.7. The molecular weight excluding hydrogens is 313 g/mol. The summed E-state index contributed by atoms with van der Waals surface area (Å²) in [4.78, 5) is 23.2. The third-order valence-corrected chi connectivity index (χ3v) is 3.97.